The Labute approximate surface area is 103 Å². The molecule has 0 unspecified atom stereocenters. The van der Waals surface area contributed by atoms with Crippen LogP contribution in [0.25, 0.3) is 0 Å². The number of hydrogen-bond donors (Lipinski definition) is 1. The minimum atomic E-state index is -1.07. The molecule has 0 saturated carbocycles. The first-order valence-corrected chi connectivity index (χ1v) is 5.85. The Kier molecular flexibility index (Phi) is 1.95. The molecule has 1 amide bonds. The number of β-lactam (4-membered cyclic amide) rings is 1. The smallest absolute Gasteiger partial charge is 0.326 e. The zero-order chi connectivity index (χ0) is 13.2. The average Bonchev–Trinajstić information content (AvgIpc) is 2.66. The standard InChI is InChI=1S/C12H13NO5/c1-3-5-9-12(2)6(4-7(14)18-12)8(11(16)17)13(9)10(5)15/h3,6,8-9H,4H2,1-2H3,(H,16,17)/b5-3+/t6-,8+,9-,12-/m0/s1. The van der Waals surface area contributed by atoms with E-state index in [4.69, 9.17) is 4.74 Å². The third-order valence-corrected chi connectivity index (χ3v) is 4.30. The van der Waals surface area contributed by atoms with Gasteiger partial charge >= 0.3 is 11.9 Å². The van der Waals surface area contributed by atoms with E-state index in [9.17, 15) is 19.5 Å². The summed E-state index contributed by atoms with van der Waals surface area (Å²) in [5.74, 6) is -2.19. The lowest BCUT2D eigenvalue weighted by molar-refractivity contribution is -0.159. The van der Waals surface area contributed by atoms with Crippen molar-refractivity contribution in [2.45, 2.75) is 38.0 Å². The molecular formula is C12H13NO5. The number of carboxylic acids is 1. The van der Waals surface area contributed by atoms with Gasteiger partial charge in [0.25, 0.3) is 5.91 Å². The quantitative estimate of drug-likeness (QED) is 0.401. The third kappa shape index (κ3) is 1.01. The van der Waals surface area contributed by atoms with Crippen LogP contribution in [0.4, 0.5) is 0 Å². The number of carboxylic acid groups (broad SMARTS) is 1. The Balaban J connectivity index is 2.10. The second-order valence-corrected chi connectivity index (χ2v) is 5.11. The van der Waals surface area contributed by atoms with Crippen molar-refractivity contribution >= 4 is 17.8 Å². The highest BCUT2D eigenvalue weighted by molar-refractivity contribution is 6.06. The Morgan fingerprint density at radius 1 is 1.56 bits per heavy atom. The molecule has 0 aromatic rings. The normalized spacial score (nSPS) is 43.6. The number of fused-ring (bicyclic) bond motifs is 3. The van der Waals surface area contributed by atoms with Crippen molar-refractivity contribution in [3.05, 3.63) is 11.6 Å². The maximum Gasteiger partial charge on any atom is 0.326 e. The van der Waals surface area contributed by atoms with Crippen molar-refractivity contribution < 1.29 is 24.2 Å². The molecule has 18 heavy (non-hydrogen) atoms. The molecule has 0 bridgehead atoms. The van der Waals surface area contributed by atoms with Gasteiger partial charge in [-0.1, -0.05) is 6.08 Å². The summed E-state index contributed by atoms with van der Waals surface area (Å²) >= 11 is 0. The summed E-state index contributed by atoms with van der Waals surface area (Å²) in [5.41, 5.74) is -0.350. The van der Waals surface area contributed by atoms with E-state index in [2.05, 4.69) is 0 Å². The van der Waals surface area contributed by atoms with Crippen LogP contribution in [-0.2, 0) is 19.1 Å². The second kappa shape index (κ2) is 3.13. The molecule has 96 valence electrons. The fraction of sp³-hybridized carbons (Fsp3) is 0.583. The number of aliphatic carboxylic acids is 1. The minimum absolute atomic E-state index is 0.0603. The number of allylic oxidation sites excluding steroid dienone is 1. The maximum atomic E-state index is 11.9. The van der Waals surface area contributed by atoms with Gasteiger partial charge in [-0.05, 0) is 13.8 Å². The van der Waals surface area contributed by atoms with Crippen molar-refractivity contribution in [3.8, 4) is 0 Å². The number of esters is 1. The maximum absolute atomic E-state index is 11.9. The van der Waals surface area contributed by atoms with Gasteiger partial charge in [0.2, 0.25) is 0 Å². The van der Waals surface area contributed by atoms with Crippen molar-refractivity contribution in [2.24, 2.45) is 5.92 Å². The predicted molar refractivity (Wildman–Crippen MR) is 58.4 cm³/mol. The Bertz CT molecular complexity index is 511. The van der Waals surface area contributed by atoms with Crippen LogP contribution >= 0.6 is 0 Å². The second-order valence-electron chi connectivity index (χ2n) is 5.11. The lowest BCUT2D eigenvalue weighted by Gasteiger charge is -2.43. The summed E-state index contributed by atoms with van der Waals surface area (Å²) in [7, 11) is 0. The van der Waals surface area contributed by atoms with Crippen molar-refractivity contribution in [2.75, 3.05) is 0 Å². The van der Waals surface area contributed by atoms with Crippen molar-refractivity contribution in [1.82, 2.24) is 4.90 Å². The van der Waals surface area contributed by atoms with Gasteiger partial charge < -0.3 is 14.7 Å². The zero-order valence-corrected chi connectivity index (χ0v) is 10.0. The number of hydrogen-bond acceptors (Lipinski definition) is 4. The first-order chi connectivity index (χ1) is 8.41. The van der Waals surface area contributed by atoms with Crippen LogP contribution in [-0.4, -0.2) is 45.5 Å². The Morgan fingerprint density at radius 2 is 2.22 bits per heavy atom. The van der Waals surface area contributed by atoms with Gasteiger partial charge in [0.15, 0.2) is 0 Å². The summed E-state index contributed by atoms with van der Waals surface area (Å²) in [5, 5.41) is 9.28. The van der Waals surface area contributed by atoms with Crippen LogP contribution in [0.3, 0.4) is 0 Å². The molecule has 0 spiro atoms. The molecule has 3 aliphatic heterocycles. The van der Waals surface area contributed by atoms with E-state index < -0.39 is 29.6 Å². The van der Waals surface area contributed by atoms with Crippen LogP contribution < -0.4 is 0 Å². The molecule has 1 N–H and O–H groups in total. The van der Waals surface area contributed by atoms with Gasteiger partial charge in [-0.15, -0.1) is 0 Å². The molecule has 3 heterocycles. The Morgan fingerprint density at radius 3 is 2.78 bits per heavy atom. The first kappa shape index (κ1) is 11.3. The average molecular weight is 251 g/mol. The SMILES string of the molecule is C/C=C1/C(=O)N2[C@@H]1[C@@]1(C)OC(=O)C[C@H]1[C@@H]2C(=O)O. The van der Waals surface area contributed by atoms with E-state index in [1.165, 1.54) is 4.90 Å². The van der Waals surface area contributed by atoms with Gasteiger partial charge in [0, 0.05) is 11.5 Å². The molecule has 6 heteroatoms. The highest BCUT2D eigenvalue weighted by atomic mass is 16.6. The highest BCUT2D eigenvalue weighted by Crippen LogP contribution is 2.54. The van der Waals surface area contributed by atoms with Crippen molar-refractivity contribution in [3.63, 3.8) is 0 Å². The molecule has 0 aromatic carbocycles. The number of rotatable bonds is 1. The van der Waals surface area contributed by atoms with Gasteiger partial charge in [-0.2, -0.15) is 0 Å². The fourth-order valence-electron chi connectivity index (χ4n) is 3.53. The molecule has 0 aromatic heterocycles. The van der Waals surface area contributed by atoms with E-state index in [0.29, 0.717) is 5.57 Å². The molecule has 3 saturated heterocycles. The van der Waals surface area contributed by atoms with E-state index in [1.807, 2.05) is 0 Å². The number of nitrogens with zero attached hydrogens (tertiary/aromatic N) is 1. The van der Waals surface area contributed by atoms with Gasteiger partial charge in [-0.25, -0.2) is 4.79 Å². The predicted octanol–water partition coefficient (Wildman–Crippen LogP) is -0.0679. The summed E-state index contributed by atoms with van der Waals surface area (Å²) in [6, 6.07) is -1.37. The summed E-state index contributed by atoms with van der Waals surface area (Å²) in [6.07, 6.45) is 1.73. The Hall–Kier alpha value is -1.85. The lowest BCUT2D eigenvalue weighted by Crippen LogP contribution is -2.61. The van der Waals surface area contributed by atoms with E-state index in [-0.39, 0.29) is 18.3 Å². The first-order valence-electron chi connectivity index (χ1n) is 5.85. The number of carbonyl (C=O) groups is 3. The van der Waals surface area contributed by atoms with E-state index in [1.54, 1.807) is 19.9 Å². The minimum Gasteiger partial charge on any atom is -0.480 e. The topological polar surface area (TPSA) is 83.9 Å². The van der Waals surface area contributed by atoms with Crippen LogP contribution in [0.2, 0.25) is 0 Å². The third-order valence-electron chi connectivity index (χ3n) is 4.30. The van der Waals surface area contributed by atoms with Crippen LogP contribution in [0, 0.1) is 5.92 Å². The number of ether oxygens (including phenoxy) is 1. The molecule has 4 atom stereocenters. The molecule has 0 aliphatic carbocycles. The summed E-state index contributed by atoms with van der Waals surface area (Å²) in [4.78, 5) is 36.0. The van der Waals surface area contributed by atoms with Crippen molar-refractivity contribution in [1.29, 1.82) is 0 Å². The summed E-state index contributed by atoms with van der Waals surface area (Å²) < 4.78 is 5.33. The monoisotopic (exact) mass is 251 g/mol. The molecule has 3 fully saturated rings. The lowest BCUT2D eigenvalue weighted by atomic mass is 9.80. The van der Waals surface area contributed by atoms with Gasteiger partial charge in [-0.3, -0.25) is 9.59 Å². The van der Waals surface area contributed by atoms with E-state index in [0.717, 1.165) is 0 Å². The highest BCUT2D eigenvalue weighted by Gasteiger charge is 2.72. The molecule has 3 aliphatic rings. The van der Waals surface area contributed by atoms with Crippen LogP contribution in [0.5, 0.6) is 0 Å². The van der Waals surface area contributed by atoms with Crippen LogP contribution in [0.1, 0.15) is 20.3 Å². The number of carbonyl (C=O) groups excluding carboxylic acids is 2. The molecule has 0 radical (unpaired) electrons. The number of amides is 1. The molecular weight excluding hydrogens is 238 g/mol. The van der Waals surface area contributed by atoms with Gasteiger partial charge in [0.05, 0.1) is 6.42 Å². The summed E-state index contributed by atoms with van der Waals surface area (Å²) in [6.45, 7) is 3.45. The van der Waals surface area contributed by atoms with Gasteiger partial charge in [0.1, 0.15) is 17.7 Å². The fourth-order valence-corrected chi connectivity index (χ4v) is 3.53. The zero-order valence-electron chi connectivity index (χ0n) is 10.0. The molecule has 3 rings (SSSR count). The molecule has 6 nitrogen and oxygen atoms in total. The van der Waals surface area contributed by atoms with Crippen LogP contribution in [0.15, 0.2) is 11.6 Å². The van der Waals surface area contributed by atoms with E-state index >= 15 is 0 Å². The largest absolute Gasteiger partial charge is 0.480 e.